The summed E-state index contributed by atoms with van der Waals surface area (Å²) in [6.45, 7) is 2.86. The molecule has 20 heavy (non-hydrogen) atoms. The summed E-state index contributed by atoms with van der Waals surface area (Å²) < 4.78 is 38.7. The first-order valence-corrected chi connectivity index (χ1v) is 5.87. The lowest BCUT2D eigenvalue weighted by Gasteiger charge is -2.23. The molecule has 1 amide bonds. The molecule has 0 aromatic heterocycles. The molecule has 0 heterocycles. The minimum Gasteiger partial charge on any atom is -0.481 e. The zero-order chi connectivity index (χ0) is 15.5. The molecular formula is C13H14F3NO3. The first-order valence-electron chi connectivity index (χ1n) is 5.87. The van der Waals surface area contributed by atoms with E-state index in [1.807, 2.05) is 0 Å². The van der Waals surface area contributed by atoms with E-state index < -0.39 is 40.3 Å². The van der Waals surface area contributed by atoms with Crippen LogP contribution >= 0.6 is 0 Å². The van der Waals surface area contributed by atoms with Crippen molar-refractivity contribution in [2.75, 3.05) is 6.54 Å². The summed E-state index contributed by atoms with van der Waals surface area (Å²) in [5.74, 6) is -6.59. The zero-order valence-corrected chi connectivity index (χ0v) is 11.0. The van der Waals surface area contributed by atoms with Gasteiger partial charge in [-0.25, -0.2) is 13.2 Å². The molecule has 110 valence electrons. The Morgan fingerprint density at radius 2 is 1.75 bits per heavy atom. The molecule has 0 aliphatic carbocycles. The number of hydrogen-bond acceptors (Lipinski definition) is 2. The fourth-order valence-corrected chi connectivity index (χ4v) is 1.42. The summed E-state index contributed by atoms with van der Waals surface area (Å²) in [5.41, 5.74) is -1.60. The maximum atomic E-state index is 13.0. The van der Waals surface area contributed by atoms with Crippen molar-refractivity contribution in [1.29, 1.82) is 0 Å². The minimum absolute atomic E-state index is 0.210. The zero-order valence-electron chi connectivity index (χ0n) is 11.0. The molecule has 2 N–H and O–H groups in total. The molecule has 0 aliphatic rings. The number of hydrogen-bond donors (Lipinski definition) is 2. The molecule has 1 aromatic rings. The van der Waals surface area contributed by atoms with Crippen molar-refractivity contribution in [3.8, 4) is 0 Å². The van der Waals surface area contributed by atoms with Gasteiger partial charge in [-0.3, -0.25) is 9.59 Å². The Bertz CT molecular complexity index is 525. The summed E-state index contributed by atoms with van der Waals surface area (Å²) in [4.78, 5) is 22.7. The topological polar surface area (TPSA) is 66.4 Å². The van der Waals surface area contributed by atoms with Gasteiger partial charge in [0.1, 0.15) is 0 Å². The second-order valence-electron chi connectivity index (χ2n) is 4.66. The second-order valence-corrected chi connectivity index (χ2v) is 4.66. The summed E-state index contributed by atoms with van der Waals surface area (Å²) in [6.07, 6.45) is 0.259. The number of carbonyl (C=O) groups excluding carboxylic acids is 1. The number of carboxylic acid groups (broad SMARTS) is 1. The van der Waals surface area contributed by atoms with Gasteiger partial charge in [0.05, 0.1) is 5.41 Å². The lowest BCUT2D eigenvalue weighted by Crippen LogP contribution is -2.40. The van der Waals surface area contributed by atoms with Gasteiger partial charge in [0, 0.05) is 12.1 Å². The Morgan fingerprint density at radius 1 is 1.25 bits per heavy atom. The number of benzene rings is 1. The van der Waals surface area contributed by atoms with E-state index in [4.69, 9.17) is 5.11 Å². The Hall–Kier alpha value is -2.05. The lowest BCUT2D eigenvalue weighted by atomic mass is 9.87. The maximum Gasteiger partial charge on any atom is 0.311 e. The SMILES string of the molecule is CCC(C)(CNC(=O)c1cc(F)c(F)c(F)c1)C(=O)O. The highest BCUT2D eigenvalue weighted by molar-refractivity contribution is 5.94. The molecule has 4 nitrogen and oxygen atoms in total. The van der Waals surface area contributed by atoms with Crippen LogP contribution in [0.5, 0.6) is 0 Å². The van der Waals surface area contributed by atoms with E-state index in [0.717, 1.165) is 0 Å². The highest BCUT2D eigenvalue weighted by Gasteiger charge is 2.31. The lowest BCUT2D eigenvalue weighted by molar-refractivity contribution is -0.147. The number of carbonyl (C=O) groups is 2. The maximum absolute atomic E-state index is 13.0. The number of aliphatic carboxylic acids is 1. The molecule has 0 saturated heterocycles. The fourth-order valence-electron chi connectivity index (χ4n) is 1.42. The van der Waals surface area contributed by atoms with Gasteiger partial charge in [-0.05, 0) is 25.5 Å². The molecule has 0 saturated carbocycles. The van der Waals surface area contributed by atoms with Crippen LogP contribution in [0.4, 0.5) is 13.2 Å². The Balaban J connectivity index is 2.85. The number of halogens is 3. The molecule has 0 radical (unpaired) electrons. The molecular weight excluding hydrogens is 275 g/mol. The van der Waals surface area contributed by atoms with E-state index in [1.54, 1.807) is 6.92 Å². The van der Waals surface area contributed by atoms with E-state index in [1.165, 1.54) is 6.92 Å². The van der Waals surface area contributed by atoms with Crippen molar-refractivity contribution in [2.24, 2.45) is 5.41 Å². The Kier molecular flexibility index (Phi) is 4.75. The van der Waals surface area contributed by atoms with E-state index in [9.17, 15) is 22.8 Å². The monoisotopic (exact) mass is 289 g/mol. The predicted molar refractivity (Wildman–Crippen MR) is 64.7 cm³/mol. The summed E-state index contributed by atoms with van der Waals surface area (Å²) in [6, 6.07) is 1.11. The van der Waals surface area contributed by atoms with E-state index in [0.29, 0.717) is 12.1 Å². The molecule has 0 spiro atoms. The van der Waals surface area contributed by atoms with Gasteiger partial charge in [-0.2, -0.15) is 0 Å². The summed E-state index contributed by atoms with van der Waals surface area (Å²) >= 11 is 0. The smallest absolute Gasteiger partial charge is 0.311 e. The molecule has 0 fully saturated rings. The van der Waals surface area contributed by atoms with Gasteiger partial charge in [-0.15, -0.1) is 0 Å². The first-order chi connectivity index (χ1) is 9.21. The van der Waals surface area contributed by atoms with Crippen molar-refractivity contribution in [1.82, 2.24) is 5.32 Å². The normalized spacial score (nSPS) is 13.7. The average molecular weight is 289 g/mol. The molecule has 1 unspecified atom stereocenters. The standard InChI is InChI=1S/C13H14F3NO3/c1-3-13(2,12(19)20)6-17-11(18)7-4-8(14)10(16)9(15)5-7/h4-5H,3,6H2,1-2H3,(H,17,18)(H,19,20). The van der Waals surface area contributed by atoms with Gasteiger partial charge < -0.3 is 10.4 Å². The molecule has 0 aliphatic heterocycles. The fraction of sp³-hybridized carbons (Fsp3) is 0.385. The second kappa shape index (κ2) is 5.94. The van der Waals surface area contributed by atoms with Crippen LogP contribution in [0.2, 0.25) is 0 Å². The third-order valence-corrected chi connectivity index (χ3v) is 3.18. The molecule has 1 atom stereocenters. The van der Waals surface area contributed by atoms with E-state index >= 15 is 0 Å². The molecule has 0 bridgehead atoms. The predicted octanol–water partition coefficient (Wildman–Crippen LogP) is 2.33. The van der Waals surface area contributed by atoms with Crippen LogP contribution in [0.1, 0.15) is 30.6 Å². The Labute approximate surface area is 113 Å². The highest BCUT2D eigenvalue weighted by atomic mass is 19.2. The average Bonchev–Trinajstić information content (AvgIpc) is 2.40. The van der Waals surface area contributed by atoms with Gasteiger partial charge >= 0.3 is 5.97 Å². The minimum atomic E-state index is -1.66. The molecule has 1 rings (SSSR count). The van der Waals surface area contributed by atoms with Crippen LogP contribution in [0, 0.1) is 22.9 Å². The van der Waals surface area contributed by atoms with E-state index in [-0.39, 0.29) is 13.0 Å². The van der Waals surface area contributed by atoms with Crippen LogP contribution in [0.15, 0.2) is 12.1 Å². The number of nitrogens with one attached hydrogen (secondary N) is 1. The Morgan fingerprint density at radius 3 is 2.15 bits per heavy atom. The van der Waals surface area contributed by atoms with Crippen molar-refractivity contribution in [2.45, 2.75) is 20.3 Å². The van der Waals surface area contributed by atoms with Gasteiger partial charge in [-0.1, -0.05) is 6.92 Å². The van der Waals surface area contributed by atoms with Crippen molar-refractivity contribution in [3.63, 3.8) is 0 Å². The summed E-state index contributed by atoms with van der Waals surface area (Å²) in [5, 5.41) is 11.3. The highest BCUT2D eigenvalue weighted by Crippen LogP contribution is 2.20. The third-order valence-electron chi connectivity index (χ3n) is 3.18. The van der Waals surface area contributed by atoms with Crippen molar-refractivity contribution in [3.05, 3.63) is 35.1 Å². The van der Waals surface area contributed by atoms with Crippen LogP contribution in [-0.4, -0.2) is 23.5 Å². The number of amides is 1. The van der Waals surface area contributed by atoms with Gasteiger partial charge in [0.2, 0.25) is 0 Å². The van der Waals surface area contributed by atoms with Crippen molar-refractivity contribution >= 4 is 11.9 Å². The first kappa shape index (κ1) is 16.0. The number of carboxylic acids is 1. The van der Waals surface area contributed by atoms with Gasteiger partial charge in [0.15, 0.2) is 17.5 Å². The molecule has 1 aromatic carbocycles. The van der Waals surface area contributed by atoms with Gasteiger partial charge in [0.25, 0.3) is 5.91 Å². The third kappa shape index (κ3) is 3.28. The van der Waals surface area contributed by atoms with Crippen LogP contribution in [-0.2, 0) is 4.79 Å². The largest absolute Gasteiger partial charge is 0.481 e. The number of rotatable bonds is 5. The van der Waals surface area contributed by atoms with Crippen molar-refractivity contribution < 1.29 is 27.9 Å². The van der Waals surface area contributed by atoms with Crippen LogP contribution < -0.4 is 5.32 Å². The molecule has 7 heteroatoms. The van der Waals surface area contributed by atoms with E-state index in [2.05, 4.69) is 5.32 Å². The van der Waals surface area contributed by atoms with Crippen LogP contribution in [0.3, 0.4) is 0 Å². The summed E-state index contributed by atoms with van der Waals surface area (Å²) in [7, 11) is 0. The quantitative estimate of drug-likeness (QED) is 0.818. The van der Waals surface area contributed by atoms with Crippen LogP contribution in [0.25, 0.3) is 0 Å².